The van der Waals surface area contributed by atoms with Crippen molar-refractivity contribution < 1.29 is 4.79 Å². The highest BCUT2D eigenvalue weighted by molar-refractivity contribution is 6.09. The smallest absolute Gasteiger partial charge is 0.252 e. The van der Waals surface area contributed by atoms with Crippen LogP contribution in [0.1, 0.15) is 61.4 Å². The van der Waals surface area contributed by atoms with Crippen LogP contribution in [0, 0.1) is 5.92 Å². The van der Waals surface area contributed by atoms with E-state index in [1.165, 1.54) is 32.1 Å². The van der Waals surface area contributed by atoms with E-state index in [0.29, 0.717) is 5.92 Å². The van der Waals surface area contributed by atoms with Crippen LogP contribution in [-0.4, -0.2) is 48.0 Å². The molecular weight excluding hydrogens is 432 g/mol. The third-order valence-corrected chi connectivity index (χ3v) is 7.80. The van der Waals surface area contributed by atoms with E-state index in [4.69, 9.17) is 4.98 Å². The second kappa shape index (κ2) is 11.3. The van der Waals surface area contributed by atoms with E-state index in [1.807, 2.05) is 24.3 Å². The summed E-state index contributed by atoms with van der Waals surface area (Å²) in [6.07, 6.45) is 7.40. The molecule has 0 unspecified atom stereocenters. The average molecular weight is 471 g/mol. The highest BCUT2D eigenvalue weighted by Crippen LogP contribution is 2.32. The number of amides is 1. The van der Waals surface area contributed by atoms with Crippen LogP contribution in [0.3, 0.4) is 0 Å². The Balaban J connectivity index is 1.59. The molecule has 35 heavy (non-hydrogen) atoms. The van der Waals surface area contributed by atoms with E-state index in [1.54, 1.807) is 0 Å². The minimum Gasteiger partial charge on any atom is -0.349 e. The molecule has 3 aromatic rings. The van der Waals surface area contributed by atoms with Crippen LogP contribution >= 0.6 is 0 Å². The lowest BCUT2D eigenvalue weighted by atomic mass is 9.84. The van der Waals surface area contributed by atoms with E-state index in [0.717, 1.165) is 72.4 Å². The van der Waals surface area contributed by atoms with Gasteiger partial charge >= 0.3 is 0 Å². The SMILES string of the molecule is C[C@H](NC(=O)c1c(CN2CCCNCC2)c(-c2ccccc2)nc2ccccc12)C1CCCCC1. The summed E-state index contributed by atoms with van der Waals surface area (Å²) < 4.78 is 0. The number of aromatic nitrogens is 1. The maximum absolute atomic E-state index is 14.1. The van der Waals surface area contributed by atoms with Crippen molar-refractivity contribution in [1.82, 2.24) is 20.5 Å². The van der Waals surface area contributed by atoms with Gasteiger partial charge in [-0.3, -0.25) is 9.69 Å². The van der Waals surface area contributed by atoms with E-state index in [2.05, 4.69) is 52.8 Å². The minimum atomic E-state index is 0.0433. The molecule has 5 heteroatoms. The van der Waals surface area contributed by atoms with Gasteiger partial charge in [-0.1, -0.05) is 67.8 Å². The first kappa shape index (κ1) is 24.0. The van der Waals surface area contributed by atoms with E-state index in [9.17, 15) is 4.79 Å². The van der Waals surface area contributed by atoms with Gasteiger partial charge in [0.2, 0.25) is 0 Å². The first-order valence-corrected chi connectivity index (χ1v) is 13.4. The Bertz CT molecular complexity index is 1130. The molecule has 2 N–H and O–H groups in total. The van der Waals surface area contributed by atoms with Crippen LogP contribution in [0.2, 0.25) is 0 Å². The van der Waals surface area contributed by atoms with Crippen LogP contribution in [0.25, 0.3) is 22.2 Å². The predicted molar refractivity (Wildman–Crippen MR) is 143 cm³/mol. The second-order valence-electron chi connectivity index (χ2n) is 10.2. The van der Waals surface area contributed by atoms with Crippen LogP contribution in [0.4, 0.5) is 0 Å². The number of hydrogen-bond acceptors (Lipinski definition) is 4. The van der Waals surface area contributed by atoms with E-state index >= 15 is 0 Å². The largest absolute Gasteiger partial charge is 0.349 e. The quantitative estimate of drug-likeness (QED) is 0.507. The number of carbonyl (C=O) groups is 1. The second-order valence-corrected chi connectivity index (χ2v) is 10.2. The van der Waals surface area contributed by atoms with Gasteiger partial charge in [0, 0.05) is 42.2 Å². The molecule has 0 spiro atoms. The topological polar surface area (TPSA) is 57.3 Å². The van der Waals surface area contributed by atoms with E-state index in [-0.39, 0.29) is 11.9 Å². The molecule has 1 amide bonds. The molecule has 5 rings (SSSR count). The van der Waals surface area contributed by atoms with Gasteiger partial charge in [0.25, 0.3) is 5.91 Å². The van der Waals surface area contributed by atoms with Gasteiger partial charge in [-0.25, -0.2) is 4.98 Å². The standard InChI is InChI=1S/C30H38N4O/c1-22(23-11-4-2-5-12-23)32-30(35)28-25-15-8-9-16-27(25)33-29(24-13-6-3-7-14-24)26(28)21-34-19-10-17-31-18-20-34/h3,6-9,13-16,22-23,31H,2,4-5,10-12,17-21H2,1H3,(H,32,35)/t22-/m0/s1. The number of rotatable bonds is 6. The summed E-state index contributed by atoms with van der Waals surface area (Å²) in [7, 11) is 0. The molecule has 1 aliphatic carbocycles. The number of pyridine rings is 1. The third kappa shape index (κ3) is 5.57. The van der Waals surface area contributed by atoms with Gasteiger partial charge in [0.15, 0.2) is 0 Å². The summed E-state index contributed by atoms with van der Waals surface area (Å²) >= 11 is 0. The third-order valence-electron chi connectivity index (χ3n) is 7.80. The zero-order chi connectivity index (χ0) is 24.0. The van der Waals surface area contributed by atoms with Crippen molar-refractivity contribution in [1.29, 1.82) is 0 Å². The number of hydrogen-bond donors (Lipinski definition) is 2. The van der Waals surface area contributed by atoms with Gasteiger partial charge in [0.1, 0.15) is 0 Å². The number of nitrogens with zero attached hydrogens (tertiary/aromatic N) is 2. The molecule has 1 saturated heterocycles. The summed E-state index contributed by atoms with van der Waals surface area (Å²) in [5, 5.41) is 7.88. The fourth-order valence-corrected chi connectivity index (χ4v) is 5.81. The molecule has 1 aromatic heterocycles. The summed E-state index contributed by atoms with van der Waals surface area (Å²) in [4.78, 5) is 21.7. The molecule has 0 radical (unpaired) electrons. The van der Waals surface area contributed by atoms with Gasteiger partial charge in [-0.15, -0.1) is 0 Å². The Morgan fingerprint density at radius 2 is 1.77 bits per heavy atom. The Kier molecular flexibility index (Phi) is 7.75. The maximum Gasteiger partial charge on any atom is 0.252 e. The Morgan fingerprint density at radius 3 is 2.60 bits per heavy atom. The Morgan fingerprint density at radius 1 is 1.00 bits per heavy atom. The normalized spacial score (nSPS) is 18.8. The molecule has 184 valence electrons. The van der Waals surface area contributed by atoms with Crippen molar-refractivity contribution in [3.63, 3.8) is 0 Å². The van der Waals surface area contributed by atoms with Crippen LogP contribution in [0.15, 0.2) is 54.6 Å². The first-order valence-electron chi connectivity index (χ1n) is 13.4. The highest BCUT2D eigenvalue weighted by Gasteiger charge is 2.27. The zero-order valence-electron chi connectivity index (χ0n) is 20.9. The maximum atomic E-state index is 14.1. The molecule has 2 heterocycles. The van der Waals surface area contributed by atoms with Crippen molar-refractivity contribution in [2.75, 3.05) is 26.2 Å². The number of benzene rings is 2. The molecular formula is C30H38N4O. The number of para-hydroxylation sites is 1. The van der Waals surface area contributed by atoms with Gasteiger partial charge in [-0.05, 0) is 51.3 Å². The van der Waals surface area contributed by atoms with Crippen molar-refractivity contribution in [3.8, 4) is 11.3 Å². The van der Waals surface area contributed by atoms with Gasteiger partial charge in [-0.2, -0.15) is 0 Å². The van der Waals surface area contributed by atoms with Crippen LogP contribution < -0.4 is 10.6 Å². The predicted octanol–water partition coefficient (Wildman–Crippen LogP) is 5.40. The Labute approximate surface area is 209 Å². The zero-order valence-corrected chi connectivity index (χ0v) is 20.9. The molecule has 0 bridgehead atoms. The average Bonchev–Trinajstić information content (AvgIpc) is 3.18. The molecule has 2 aliphatic rings. The lowest BCUT2D eigenvalue weighted by molar-refractivity contribution is 0.0919. The minimum absolute atomic E-state index is 0.0433. The summed E-state index contributed by atoms with van der Waals surface area (Å²) in [5.74, 6) is 0.608. The van der Waals surface area contributed by atoms with Crippen molar-refractivity contribution in [2.24, 2.45) is 5.92 Å². The van der Waals surface area contributed by atoms with Gasteiger partial charge < -0.3 is 10.6 Å². The van der Waals surface area contributed by atoms with Crippen LogP contribution in [0.5, 0.6) is 0 Å². The van der Waals surface area contributed by atoms with Crippen LogP contribution in [-0.2, 0) is 6.54 Å². The summed E-state index contributed by atoms with van der Waals surface area (Å²) in [5.41, 5.74) is 4.72. The van der Waals surface area contributed by atoms with E-state index < -0.39 is 0 Å². The summed E-state index contributed by atoms with van der Waals surface area (Å²) in [6.45, 7) is 6.93. The van der Waals surface area contributed by atoms with Crippen molar-refractivity contribution >= 4 is 16.8 Å². The van der Waals surface area contributed by atoms with Crippen molar-refractivity contribution in [3.05, 3.63) is 65.7 Å². The van der Waals surface area contributed by atoms with Gasteiger partial charge in [0.05, 0.1) is 16.8 Å². The number of nitrogens with one attached hydrogen (secondary N) is 2. The monoisotopic (exact) mass is 470 g/mol. The first-order chi connectivity index (χ1) is 17.2. The molecule has 2 fully saturated rings. The molecule has 5 nitrogen and oxygen atoms in total. The lowest BCUT2D eigenvalue weighted by Gasteiger charge is -2.29. The molecule has 1 aliphatic heterocycles. The molecule has 2 aromatic carbocycles. The van der Waals surface area contributed by atoms with Crippen molar-refractivity contribution in [2.45, 2.75) is 58.0 Å². The fraction of sp³-hybridized carbons (Fsp3) is 0.467. The summed E-state index contributed by atoms with van der Waals surface area (Å²) in [6, 6.07) is 18.6. The highest BCUT2D eigenvalue weighted by atomic mass is 16.1. The number of carbonyl (C=O) groups excluding carboxylic acids is 1. The lowest BCUT2D eigenvalue weighted by Crippen LogP contribution is -2.40. The number of fused-ring (bicyclic) bond motifs is 1. The molecule has 1 saturated carbocycles. The Hall–Kier alpha value is -2.76. The molecule has 1 atom stereocenters. The fourth-order valence-electron chi connectivity index (χ4n) is 5.81.